The van der Waals surface area contributed by atoms with Crippen LogP contribution in [0.4, 0.5) is 0 Å². The van der Waals surface area contributed by atoms with E-state index in [1.54, 1.807) is 19.2 Å². The third-order valence-corrected chi connectivity index (χ3v) is 5.82. The quantitative estimate of drug-likeness (QED) is 0.478. The van der Waals surface area contributed by atoms with Crippen molar-refractivity contribution in [3.05, 3.63) is 17.0 Å². The Bertz CT molecular complexity index is 563. The molecular formula is C13H24ClN3O4S2. The van der Waals surface area contributed by atoms with Gasteiger partial charge in [0, 0.05) is 45.1 Å². The van der Waals surface area contributed by atoms with Crippen molar-refractivity contribution >= 4 is 39.7 Å². The molecule has 1 amide bonds. The number of thiophene rings is 1. The lowest BCUT2D eigenvalue weighted by Crippen LogP contribution is -2.32. The van der Waals surface area contributed by atoms with Crippen LogP contribution >= 0.6 is 23.7 Å². The zero-order chi connectivity index (χ0) is 16.4. The van der Waals surface area contributed by atoms with E-state index in [2.05, 4.69) is 15.4 Å². The molecule has 10 heteroatoms. The Labute approximate surface area is 147 Å². The van der Waals surface area contributed by atoms with E-state index < -0.39 is 10.0 Å². The lowest BCUT2D eigenvalue weighted by Gasteiger charge is -2.06. The van der Waals surface area contributed by atoms with Gasteiger partial charge in [0.2, 0.25) is 15.9 Å². The minimum Gasteiger partial charge on any atom is -0.383 e. The highest BCUT2D eigenvalue weighted by atomic mass is 35.5. The molecule has 0 aliphatic rings. The molecule has 0 aliphatic heterocycles. The number of rotatable bonds is 11. The molecule has 0 radical (unpaired) electrons. The van der Waals surface area contributed by atoms with Gasteiger partial charge in [-0.05, 0) is 18.6 Å². The molecular weight excluding hydrogens is 362 g/mol. The highest BCUT2D eigenvalue weighted by molar-refractivity contribution is 7.91. The maximum Gasteiger partial charge on any atom is 0.250 e. The molecule has 3 N–H and O–H groups in total. The topological polar surface area (TPSA) is 96.5 Å². The summed E-state index contributed by atoms with van der Waals surface area (Å²) in [6, 6.07) is 3.37. The van der Waals surface area contributed by atoms with E-state index in [0.717, 1.165) is 4.88 Å². The summed E-state index contributed by atoms with van der Waals surface area (Å²) in [6.07, 6.45) is 0.623. The normalized spacial score (nSPS) is 11.0. The summed E-state index contributed by atoms with van der Waals surface area (Å²) in [5.74, 6) is -0.0907. The highest BCUT2D eigenvalue weighted by Crippen LogP contribution is 2.21. The fraction of sp³-hybridized carbons (Fsp3) is 0.615. The summed E-state index contributed by atoms with van der Waals surface area (Å²) in [4.78, 5) is 11.7. The second-order valence-corrected chi connectivity index (χ2v) is 7.76. The third-order valence-electron chi connectivity index (χ3n) is 2.72. The Balaban J connectivity index is 0.00000484. The molecule has 1 heterocycles. The first-order chi connectivity index (χ1) is 10.5. The van der Waals surface area contributed by atoms with Crippen LogP contribution in [0.25, 0.3) is 0 Å². The SMILES string of the molecule is COCCNCCNS(=O)(=O)c1ccc(CCNC(C)=O)s1.Cl. The first-order valence-electron chi connectivity index (χ1n) is 6.98. The number of amides is 1. The van der Waals surface area contributed by atoms with Crippen molar-refractivity contribution in [3.8, 4) is 0 Å². The number of carbonyl (C=O) groups excluding carboxylic acids is 1. The van der Waals surface area contributed by atoms with E-state index in [9.17, 15) is 13.2 Å². The van der Waals surface area contributed by atoms with Gasteiger partial charge in [-0.2, -0.15) is 0 Å². The summed E-state index contributed by atoms with van der Waals surface area (Å²) < 4.78 is 31.9. The third kappa shape index (κ3) is 9.23. The number of hydrogen-bond acceptors (Lipinski definition) is 6. The van der Waals surface area contributed by atoms with Crippen molar-refractivity contribution in [2.45, 2.75) is 17.6 Å². The van der Waals surface area contributed by atoms with E-state index in [-0.39, 0.29) is 18.3 Å². The van der Waals surface area contributed by atoms with Crippen LogP contribution in [0.3, 0.4) is 0 Å². The molecule has 1 rings (SSSR count). The Morgan fingerprint density at radius 1 is 1.22 bits per heavy atom. The van der Waals surface area contributed by atoms with Gasteiger partial charge in [0.05, 0.1) is 6.61 Å². The van der Waals surface area contributed by atoms with Crippen molar-refractivity contribution in [2.75, 3.05) is 39.9 Å². The second kappa shape index (κ2) is 11.8. The van der Waals surface area contributed by atoms with Gasteiger partial charge in [-0.25, -0.2) is 13.1 Å². The van der Waals surface area contributed by atoms with Gasteiger partial charge in [-0.3, -0.25) is 4.79 Å². The Morgan fingerprint density at radius 2 is 1.96 bits per heavy atom. The molecule has 0 bridgehead atoms. The van der Waals surface area contributed by atoms with Crippen LogP contribution in [0.1, 0.15) is 11.8 Å². The van der Waals surface area contributed by atoms with Crippen molar-refractivity contribution in [3.63, 3.8) is 0 Å². The Kier molecular flexibility index (Phi) is 11.4. The van der Waals surface area contributed by atoms with Crippen molar-refractivity contribution in [2.24, 2.45) is 0 Å². The summed E-state index contributed by atoms with van der Waals surface area (Å²) in [5.41, 5.74) is 0. The van der Waals surface area contributed by atoms with Crippen LogP contribution < -0.4 is 15.4 Å². The van der Waals surface area contributed by atoms with Crippen molar-refractivity contribution < 1.29 is 17.9 Å². The molecule has 0 saturated heterocycles. The zero-order valence-corrected chi connectivity index (χ0v) is 15.7. The molecule has 0 aromatic carbocycles. The number of carbonyl (C=O) groups is 1. The molecule has 1 aromatic rings. The molecule has 0 atom stereocenters. The molecule has 0 unspecified atom stereocenters. The maximum atomic E-state index is 12.1. The molecule has 0 saturated carbocycles. The van der Waals surface area contributed by atoms with Crippen LogP contribution in [0.5, 0.6) is 0 Å². The standard InChI is InChI=1S/C13H23N3O4S2.ClH/c1-11(17)15-6-5-12-3-4-13(21-12)22(18,19)16-8-7-14-9-10-20-2;/h3-4,14,16H,5-10H2,1-2H3,(H,15,17);1H. The molecule has 23 heavy (non-hydrogen) atoms. The van der Waals surface area contributed by atoms with Gasteiger partial charge in [0.15, 0.2) is 0 Å². The fourth-order valence-corrected chi connectivity index (χ4v) is 4.07. The Morgan fingerprint density at radius 3 is 2.61 bits per heavy atom. The maximum absolute atomic E-state index is 12.1. The van der Waals surface area contributed by atoms with E-state index in [1.165, 1.54) is 18.3 Å². The number of hydrogen-bond donors (Lipinski definition) is 3. The zero-order valence-electron chi connectivity index (χ0n) is 13.3. The number of methoxy groups -OCH3 is 1. The minimum atomic E-state index is -3.46. The van der Waals surface area contributed by atoms with Crippen LogP contribution in [0, 0.1) is 0 Å². The molecule has 1 aromatic heterocycles. The molecule has 0 aliphatic carbocycles. The van der Waals surface area contributed by atoms with E-state index in [1.807, 2.05) is 0 Å². The predicted octanol–water partition coefficient (Wildman–Crippen LogP) is 0.363. The number of ether oxygens (including phenoxy) is 1. The number of nitrogens with one attached hydrogen (secondary N) is 3. The predicted molar refractivity (Wildman–Crippen MR) is 93.9 cm³/mol. The smallest absolute Gasteiger partial charge is 0.250 e. The summed E-state index contributed by atoms with van der Waals surface area (Å²) in [5, 5.41) is 5.75. The van der Waals surface area contributed by atoms with Gasteiger partial charge in [-0.15, -0.1) is 23.7 Å². The Hall–Kier alpha value is -0.710. The average molecular weight is 386 g/mol. The van der Waals surface area contributed by atoms with Crippen LogP contribution in [-0.2, 0) is 26.0 Å². The fourth-order valence-electron chi connectivity index (χ4n) is 1.64. The van der Waals surface area contributed by atoms with Crippen LogP contribution in [-0.4, -0.2) is 54.2 Å². The van der Waals surface area contributed by atoms with Gasteiger partial charge < -0.3 is 15.4 Å². The number of halogens is 1. The molecule has 134 valence electrons. The highest BCUT2D eigenvalue weighted by Gasteiger charge is 2.15. The summed E-state index contributed by atoms with van der Waals surface area (Å²) in [6.45, 7) is 4.11. The van der Waals surface area contributed by atoms with Gasteiger partial charge in [0.1, 0.15) is 4.21 Å². The van der Waals surface area contributed by atoms with E-state index >= 15 is 0 Å². The minimum absolute atomic E-state index is 0. The van der Waals surface area contributed by atoms with Gasteiger partial charge in [0.25, 0.3) is 0 Å². The second-order valence-electron chi connectivity index (χ2n) is 4.59. The lowest BCUT2D eigenvalue weighted by molar-refractivity contribution is -0.118. The summed E-state index contributed by atoms with van der Waals surface area (Å²) >= 11 is 1.22. The van der Waals surface area contributed by atoms with Gasteiger partial charge >= 0.3 is 0 Å². The van der Waals surface area contributed by atoms with Crippen molar-refractivity contribution in [1.82, 2.24) is 15.4 Å². The monoisotopic (exact) mass is 385 g/mol. The average Bonchev–Trinajstić information content (AvgIpc) is 2.92. The van der Waals surface area contributed by atoms with E-state index in [4.69, 9.17) is 4.74 Å². The first kappa shape index (κ1) is 22.3. The lowest BCUT2D eigenvalue weighted by atomic mass is 10.3. The van der Waals surface area contributed by atoms with Crippen LogP contribution in [0.2, 0.25) is 0 Å². The molecule has 0 spiro atoms. The first-order valence-corrected chi connectivity index (χ1v) is 9.28. The summed E-state index contributed by atoms with van der Waals surface area (Å²) in [7, 11) is -1.85. The van der Waals surface area contributed by atoms with Crippen molar-refractivity contribution in [1.29, 1.82) is 0 Å². The largest absolute Gasteiger partial charge is 0.383 e. The number of sulfonamides is 1. The van der Waals surface area contributed by atoms with Gasteiger partial charge in [-0.1, -0.05) is 0 Å². The van der Waals surface area contributed by atoms with E-state index in [0.29, 0.717) is 43.4 Å². The molecule has 7 nitrogen and oxygen atoms in total. The van der Waals surface area contributed by atoms with Crippen LogP contribution in [0.15, 0.2) is 16.3 Å². The molecule has 0 fully saturated rings.